The van der Waals surface area contributed by atoms with Crippen LogP contribution in [-0.2, 0) is 4.79 Å². The van der Waals surface area contributed by atoms with Crippen molar-refractivity contribution in [2.45, 2.75) is 32.6 Å². The van der Waals surface area contributed by atoms with Crippen LogP contribution in [0.1, 0.15) is 43.7 Å². The summed E-state index contributed by atoms with van der Waals surface area (Å²) >= 11 is 12.0. The van der Waals surface area contributed by atoms with E-state index in [9.17, 15) is 4.79 Å². The Morgan fingerprint density at radius 3 is 2.47 bits per heavy atom. The van der Waals surface area contributed by atoms with Crippen molar-refractivity contribution in [2.24, 2.45) is 5.41 Å². The fourth-order valence-electron chi connectivity index (χ4n) is 5.47. The number of benzene rings is 2. The van der Waals surface area contributed by atoms with Gasteiger partial charge in [-0.2, -0.15) is 0 Å². The lowest BCUT2D eigenvalue weighted by atomic mass is 9.68. The first-order chi connectivity index (χ1) is 16.4. The number of ketones is 1. The molecule has 0 bridgehead atoms. The summed E-state index contributed by atoms with van der Waals surface area (Å²) in [4.78, 5) is 20.3. The Kier molecular flexibility index (Phi) is 6.30. The Bertz CT molecular complexity index is 1260. The number of Topliss-reactive ketones (excluding diaryl/α,β-unsaturated/α-hetero) is 1. The van der Waals surface area contributed by atoms with E-state index in [1.165, 1.54) is 0 Å². The van der Waals surface area contributed by atoms with Gasteiger partial charge in [-0.25, -0.2) is 0 Å². The number of anilines is 2. The average molecular weight is 494 g/mol. The number of alkyl halides is 2. The number of aromatic nitrogens is 1. The van der Waals surface area contributed by atoms with E-state index in [4.69, 9.17) is 23.2 Å². The van der Waals surface area contributed by atoms with Crippen LogP contribution in [0.15, 0.2) is 66.0 Å². The minimum Gasteiger partial charge on any atom is -0.369 e. The molecule has 2 heterocycles. The molecule has 1 atom stereocenters. The molecule has 1 aliphatic carbocycles. The molecule has 0 amide bonds. The third-order valence-electron chi connectivity index (χ3n) is 6.91. The van der Waals surface area contributed by atoms with Crippen LogP contribution in [0.4, 0.5) is 11.4 Å². The van der Waals surface area contributed by atoms with E-state index in [2.05, 4.69) is 71.5 Å². The minimum absolute atomic E-state index is 0.0587. The van der Waals surface area contributed by atoms with Crippen LogP contribution in [0.3, 0.4) is 0 Å². The molecule has 1 N–H and O–H groups in total. The number of hydrogen-bond acceptors (Lipinski definition) is 4. The van der Waals surface area contributed by atoms with Crippen molar-refractivity contribution in [3.05, 3.63) is 77.1 Å². The van der Waals surface area contributed by atoms with Gasteiger partial charge in [0.05, 0.1) is 5.52 Å². The molecular formula is C28H29Cl2N3O. The maximum Gasteiger partial charge on any atom is 0.162 e. The van der Waals surface area contributed by atoms with Crippen LogP contribution in [-0.4, -0.2) is 35.6 Å². The Balaban J connectivity index is 1.67. The molecule has 0 radical (unpaired) electrons. The number of pyridine rings is 1. The SMILES string of the molecule is CC1(C)CC(=O)C2=C(C1)Nc1ccc3ncccc3c1C2c1ccc(N(CCCl)CCCl)cc1. The molecule has 176 valence electrons. The first kappa shape index (κ1) is 23.2. The number of carbonyl (C=O) groups is 1. The third kappa shape index (κ3) is 4.18. The summed E-state index contributed by atoms with van der Waals surface area (Å²) in [5, 5.41) is 4.71. The van der Waals surface area contributed by atoms with Gasteiger partial charge in [0.1, 0.15) is 0 Å². The van der Waals surface area contributed by atoms with E-state index >= 15 is 0 Å². The van der Waals surface area contributed by atoms with Crippen LogP contribution in [0, 0.1) is 5.41 Å². The van der Waals surface area contributed by atoms with Crippen molar-refractivity contribution in [3.63, 3.8) is 0 Å². The van der Waals surface area contributed by atoms with Gasteiger partial charge >= 0.3 is 0 Å². The van der Waals surface area contributed by atoms with Gasteiger partial charge in [-0.05, 0) is 53.3 Å². The lowest BCUT2D eigenvalue weighted by Crippen LogP contribution is -2.34. The van der Waals surface area contributed by atoms with Gasteiger partial charge in [-0.3, -0.25) is 9.78 Å². The number of rotatable bonds is 6. The number of fused-ring (bicyclic) bond motifs is 3. The standard InChI is InChI=1S/C28H29Cl2N3O/c1-28(2)16-23-27(24(34)17-28)25(18-5-7-19(8-6-18)33(14-11-29)15-12-30)26-20-4-3-13-31-21(20)9-10-22(26)32-23/h3-10,13,25,32H,11-12,14-17H2,1-2H3. The van der Waals surface area contributed by atoms with Gasteiger partial charge in [0.2, 0.25) is 0 Å². The van der Waals surface area contributed by atoms with Crippen molar-refractivity contribution in [3.8, 4) is 0 Å². The fraction of sp³-hybridized carbons (Fsp3) is 0.357. The van der Waals surface area contributed by atoms with Crippen LogP contribution >= 0.6 is 23.2 Å². The van der Waals surface area contributed by atoms with E-state index in [-0.39, 0.29) is 17.1 Å². The van der Waals surface area contributed by atoms with Crippen LogP contribution < -0.4 is 10.2 Å². The Hall–Kier alpha value is -2.56. The molecule has 5 rings (SSSR count). The van der Waals surface area contributed by atoms with E-state index in [0.29, 0.717) is 18.2 Å². The van der Waals surface area contributed by atoms with Gasteiger partial charge in [0.25, 0.3) is 0 Å². The monoisotopic (exact) mass is 493 g/mol. The summed E-state index contributed by atoms with van der Waals surface area (Å²) in [6, 6.07) is 16.8. The first-order valence-corrected chi connectivity index (χ1v) is 12.9. The van der Waals surface area contributed by atoms with Crippen molar-refractivity contribution in [1.82, 2.24) is 4.98 Å². The van der Waals surface area contributed by atoms with Gasteiger partial charge in [-0.1, -0.05) is 32.0 Å². The zero-order valence-corrected chi connectivity index (χ0v) is 21.1. The summed E-state index contributed by atoms with van der Waals surface area (Å²) in [5.74, 6) is 1.18. The van der Waals surface area contributed by atoms with Crippen molar-refractivity contribution in [2.75, 3.05) is 35.1 Å². The van der Waals surface area contributed by atoms with E-state index in [1.807, 2.05) is 12.3 Å². The van der Waals surface area contributed by atoms with E-state index < -0.39 is 0 Å². The number of carbonyl (C=O) groups excluding carboxylic acids is 1. The maximum atomic E-state index is 13.6. The van der Waals surface area contributed by atoms with Crippen molar-refractivity contribution < 1.29 is 4.79 Å². The molecule has 2 aromatic carbocycles. The van der Waals surface area contributed by atoms with Gasteiger partial charge in [-0.15, -0.1) is 23.2 Å². The Morgan fingerprint density at radius 1 is 1.03 bits per heavy atom. The van der Waals surface area contributed by atoms with Crippen LogP contribution in [0.2, 0.25) is 0 Å². The summed E-state index contributed by atoms with van der Waals surface area (Å²) < 4.78 is 0. The number of allylic oxidation sites excluding steroid dienone is 2. The molecule has 3 aromatic rings. The highest BCUT2D eigenvalue weighted by Crippen LogP contribution is 2.50. The predicted molar refractivity (Wildman–Crippen MR) is 142 cm³/mol. The highest BCUT2D eigenvalue weighted by molar-refractivity contribution is 6.18. The fourth-order valence-corrected chi connectivity index (χ4v) is 5.88. The average Bonchev–Trinajstić information content (AvgIpc) is 2.82. The van der Waals surface area contributed by atoms with Gasteiger partial charge in [0.15, 0.2) is 5.78 Å². The number of nitrogens with one attached hydrogen (secondary N) is 1. The molecule has 1 unspecified atom stereocenters. The molecule has 0 fully saturated rings. The van der Waals surface area contributed by atoms with Gasteiger partial charge < -0.3 is 10.2 Å². The first-order valence-electron chi connectivity index (χ1n) is 11.8. The number of hydrogen-bond donors (Lipinski definition) is 1. The molecule has 1 aliphatic heterocycles. The highest BCUT2D eigenvalue weighted by atomic mass is 35.5. The second-order valence-electron chi connectivity index (χ2n) is 9.94. The maximum absolute atomic E-state index is 13.6. The molecule has 0 spiro atoms. The normalized spacial score (nSPS) is 18.9. The molecule has 4 nitrogen and oxygen atoms in total. The molecular weight excluding hydrogens is 465 g/mol. The largest absolute Gasteiger partial charge is 0.369 e. The smallest absolute Gasteiger partial charge is 0.162 e. The lowest BCUT2D eigenvalue weighted by Gasteiger charge is -2.40. The second kappa shape index (κ2) is 9.24. The third-order valence-corrected chi connectivity index (χ3v) is 7.25. The predicted octanol–water partition coefficient (Wildman–Crippen LogP) is 6.72. The topological polar surface area (TPSA) is 45.2 Å². The quantitative estimate of drug-likeness (QED) is 0.387. The summed E-state index contributed by atoms with van der Waals surface area (Å²) in [6.07, 6.45) is 3.22. The Morgan fingerprint density at radius 2 is 1.76 bits per heavy atom. The lowest BCUT2D eigenvalue weighted by molar-refractivity contribution is -0.118. The van der Waals surface area contributed by atoms with Crippen molar-refractivity contribution >= 4 is 51.3 Å². The second-order valence-corrected chi connectivity index (χ2v) is 10.7. The molecule has 2 aliphatic rings. The summed E-state index contributed by atoms with van der Waals surface area (Å²) in [5.41, 5.74) is 7.22. The molecule has 34 heavy (non-hydrogen) atoms. The molecule has 0 saturated carbocycles. The minimum atomic E-state index is -0.133. The van der Waals surface area contributed by atoms with E-state index in [1.54, 1.807) is 0 Å². The molecule has 0 saturated heterocycles. The van der Waals surface area contributed by atoms with Crippen LogP contribution in [0.25, 0.3) is 10.9 Å². The van der Waals surface area contributed by atoms with Crippen LogP contribution in [0.5, 0.6) is 0 Å². The van der Waals surface area contributed by atoms with Gasteiger partial charge in [0, 0.05) is 71.4 Å². The number of halogens is 2. The zero-order chi connectivity index (χ0) is 23.9. The highest BCUT2D eigenvalue weighted by Gasteiger charge is 2.41. The zero-order valence-electron chi connectivity index (χ0n) is 19.6. The molecule has 6 heteroatoms. The van der Waals surface area contributed by atoms with Crippen molar-refractivity contribution in [1.29, 1.82) is 0 Å². The summed E-state index contributed by atoms with van der Waals surface area (Å²) in [6.45, 7) is 5.82. The Labute approximate surface area is 211 Å². The number of nitrogens with zero attached hydrogens (tertiary/aromatic N) is 2. The molecule has 1 aromatic heterocycles. The summed E-state index contributed by atoms with van der Waals surface area (Å²) in [7, 11) is 0. The van der Waals surface area contributed by atoms with E-state index in [0.717, 1.165) is 64.2 Å².